The molecule has 0 bridgehead atoms. The first-order valence-corrected chi connectivity index (χ1v) is 4.65. The van der Waals surface area contributed by atoms with Crippen LogP contribution in [0.15, 0.2) is 0 Å². The van der Waals surface area contributed by atoms with Crippen molar-refractivity contribution in [2.75, 3.05) is 19.8 Å². The first kappa shape index (κ1) is 8.48. The molecular formula is C9H17NO2. The molecule has 3 heteroatoms. The van der Waals surface area contributed by atoms with E-state index in [1.807, 2.05) is 0 Å². The molecule has 0 saturated carbocycles. The van der Waals surface area contributed by atoms with Crippen LogP contribution in [0, 0.1) is 0 Å². The van der Waals surface area contributed by atoms with Crippen molar-refractivity contribution >= 4 is 0 Å². The Balaban J connectivity index is 2.07. The maximum absolute atomic E-state index is 5.65. The van der Waals surface area contributed by atoms with Crippen molar-refractivity contribution in [2.45, 2.75) is 38.0 Å². The first-order chi connectivity index (χ1) is 5.62. The maximum Gasteiger partial charge on any atom is 0.171 e. The number of hydrogen-bond acceptors (Lipinski definition) is 3. The van der Waals surface area contributed by atoms with Gasteiger partial charge in [0.2, 0.25) is 0 Å². The van der Waals surface area contributed by atoms with Crippen LogP contribution in [0.1, 0.15) is 26.7 Å². The molecule has 12 heavy (non-hydrogen) atoms. The second-order valence-electron chi connectivity index (χ2n) is 4.35. The molecule has 70 valence electrons. The number of ether oxygens (including phenoxy) is 2. The van der Waals surface area contributed by atoms with Gasteiger partial charge in [0.1, 0.15) is 0 Å². The molecule has 0 amide bonds. The van der Waals surface area contributed by atoms with Gasteiger partial charge in [-0.15, -0.1) is 0 Å². The minimum atomic E-state index is -0.255. The van der Waals surface area contributed by atoms with Crippen LogP contribution in [-0.4, -0.2) is 31.1 Å². The molecule has 1 spiro atoms. The topological polar surface area (TPSA) is 30.5 Å². The van der Waals surface area contributed by atoms with Gasteiger partial charge in [-0.25, -0.2) is 0 Å². The second kappa shape index (κ2) is 2.69. The van der Waals surface area contributed by atoms with E-state index >= 15 is 0 Å². The van der Waals surface area contributed by atoms with Crippen LogP contribution in [0.25, 0.3) is 0 Å². The molecule has 2 heterocycles. The molecule has 0 aromatic heterocycles. The molecule has 2 saturated heterocycles. The summed E-state index contributed by atoms with van der Waals surface area (Å²) in [5.41, 5.74) is 0.155. The largest absolute Gasteiger partial charge is 0.347 e. The van der Waals surface area contributed by atoms with Gasteiger partial charge in [0.05, 0.1) is 13.2 Å². The third-order valence-corrected chi connectivity index (χ3v) is 2.63. The van der Waals surface area contributed by atoms with Crippen LogP contribution in [0.3, 0.4) is 0 Å². The number of piperidine rings is 1. The van der Waals surface area contributed by atoms with E-state index in [0.717, 1.165) is 32.6 Å². The van der Waals surface area contributed by atoms with Crippen molar-refractivity contribution in [1.82, 2.24) is 5.32 Å². The molecule has 0 radical (unpaired) electrons. The van der Waals surface area contributed by atoms with Crippen LogP contribution >= 0.6 is 0 Å². The minimum absolute atomic E-state index is 0.155. The Bertz CT molecular complexity index is 173. The SMILES string of the molecule is CC1(C)CC2(CCN1)OCCO2. The molecule has 0 atom stereocenters. The molecule has 2 aliphatic heterocycles. The smallest absolute Gasteiger partial charge is 0.171 e. The van der Waals surface area contributed by atoms with Gasteiger partial charge in [-0.1, -0.05) is 0 Å². The Kier molecular flexibility index (Phi) is 1.90. The van der Waals surface area contributed by atoms with Crippen molar-refractivity contribution in [1.29, 1.82) is 0 Å². The number of hydrogen-bond donors (Lipinski definition) is 1. The van der Waals surface area contributed by atoms with Crippen LogP contribution in [0.2, 0.25) is 0 Å². The summed E-state index contributed by atoms with van der Waals surface area (Å²) < 4.78 is 11.3. The second-order valence-corrected chi connectivity index (χ2v) is 4.35. The third kappa shape index (κ3) is 1.49. The Labute approximate surface area is 73.4 Å². The van der Waals surface area contributed by atoms with E-state index in [2.05, 4.69) is 19.2 Å². The first-order valence-electron chi connectivity index (χ1n) is 4.65. The van der Waals surface area contributed by atoms with E-state index in [4.69, 9.17) is 9.47 Å². The van der Waals surface area contributed by atoms with E-state index in [0.29, 0.717) is 0 Å². The quantitative estimate of drug-likeness (QED) is 0.587. The zero-order valence-corrected chi connectivity index (χ0v) is 7.85. The molecule has 3 nitrogen and oxygen atoms in total. The summed E-state index contributed by atoms with van der Waals surface area (Å²) in [5.74, 6) is -0.255. The summed E-state index contributed by atoms with van der Waals surface area (Å²) in [5, 5.41) is 3.45. The molecule has 0 unspecified atom stereocenters. The molecule has 0 aromatic carbocycles. The fourth-order valence-corrected chi connectivity index (χ4v) is 2.16. The van der Waals surface area contributed by atoms with Crippen molar-refractivity contribution in [3.8, 4) is 0 Å². The third-order valence-electron chi connectivity index (χ3n) is 2.63. The van der Waals surface area contributed by atoms with E-state index in [1.165, 1.54) is 0 Å². The lowest BCUT2D eigenvalue weighted by atomic mass is 9.88. The Hall–Kier alpha value is -0.120. The van der Waals surface area contributed by atoms with E-state index < -0.39 is 0 Å². The maximum atomic E-state index is 5.65. The Morgan fingerprint density at radius 3 is 2.42 bits per heavy atom. The normalized spacial score (nSPS) is 32.5. The number of nitrogens with one attached hydrogen (secondary N) is 1. The van der Waals surface area contributed by atoms with Crippen molar-refractivity contribution < 1.29 is 9.47 Å². The highest BCUT2D eigenvalue weighted by molar-refractivity contribution is 4.92. The predicted octanol–water partition coefficient (Wildman–Crippen LogP) is 0.891. The molecular weight excluding hydrogens is 154 g/mol. The van der Waals surface area contributed by atoms with Crippen molar-refractivity contribution in [2.24, 2.45) is 0 Å². The number of rotatable bonds is 0. The molecule has 2 fully saturated rings. The van der Waals surface area contributed by atoms with Crippen LogP contribution < -0.4 is 5.32 Å². The van der Waals surface area contributed by atoms with Crippen molar-refractivity contribution in [3.05, 3.63) is 0 Å². The zero-order chi connectivity index (χ0) is 8.66. The van der Waals surface area contributed by atoms with Crippen LogP contribution in [0.5, 0.6) is 0 Å². The summed E-state index contributed by atoms with van der Waals surface area (Å²) in [4.78, 5) is 0. The van der Waals surface area contributed by atoms with Gasteiger partial charge in [0.25, 0.3) is 0 Å². The highest BCUT2D eigenvalue weighted by atomic mass is 16.7. The predicted molar refractivity (Wildman–Crippen MR) is 46.0 cm³/mol. The van der Waals surface area contributed by atoms with Crippen molar-refractivity contribution in [3.63, 3.8) is 0 Å². The standard InChI is InChI=1S/C9H17NO2/c1-8(2)7-9(3-4-10-8)11-5-6-12-9/h10H,3-7H2,1-2H3. The monoisotopic (exact) mass is 171 g/mol. The average molecular weight is 171 g/mol. The van der Waals surface area contributed by atoms with E-state index in [-0.39, 0.29) is 11.3 Å². The summed E-state index contributed by atoms with van der Waals surface area (Å²) in [6, 6.07) is 0. The van der Waals surface area contributed by atoms with Crippen LogP contribution in [-0.2, 0) is 9.47 Å². The van der Waals surface area contributed by atoms with Gasteiger partial charge in [0, 0.05) is 24.9 Å². The molecule has 0 aromatic rings. The van der Waals surface area contributed by atoms with Gasteiger partial charge in [0.15, 0.2) is 5.79 Å². The Morgan fingerprint density at radius 1 is 1.17 bits per heavy atom. The minimum Gasteiger partial charge on any atom is -0.347 e. The van der Waals surface area contributed by atoms with Gasteiger partial charge in [-0.2, -0.15) is 0 Å². The van der Waals surface area contributed by atoms with Gasteiger partial charge >= 0.3 is 0 Å². The fraction of sp³-hybridized carbons (Fsp3) is 1.00. The lowest BCUT2D eigenvalue weighted by molar-refractivity contribution is -0.187. The molecule has 2 rings (SSSR count). The molecule has 0 aliphatic carbocycles. The zero-order valence-electron chi connectivity index (χ0n) is 7.85. The van der Waals surface area contributed by atoms with E-state index in [9.17, 15) is 0 Å². The van der Waals surface area contributed by atoms with E-state index in [1.54, 1.807) is 0 Å². The molecule has 1 N–H and O–H groups in total. The highest BCUT2D eigenvalue weighted by Crippen LogP contribution is 2.34. The summed E-state index contributed by atoms with van der Waals surface area (Å²) >= 11 is 0. The lowest BCUT2D eigenvalue weighted by Gasteiger charge is -2.41. The summed E-state index contributed by atoms with van der Waals surface area (Å²) in [6.07, 6.45) is 1.94. The lowest BCUT2D eigenvalue weighted by Crippen LogP contribution is -2.54. The summed E-state index contributed by atoms with van der Waals surface area (Å²) in [6.45, 7) is 6.90. The average Bonchev–Trinajstić information content (AvgIpc) is 2.34. The highest BCUT2D eigenvalue weighted by Gasteiger charge is 2.44. The van der Waals surface area contributed by atoms with Gasteiger partial charge in [-0.05, 0) is 13.8 Å². The fourth-order valence-electron chi connectivity index (χ4n) is 2.16. The van der Waals surface area contributed by atoms with Gasteiger partial charge < -0.3 is 14.8 Å². The Morgan fingerprint density at radius 2 is 1.83 bits per heavy atom. The molecule has 2 aliphatic rings. The van der Waals surface area contributed by atoms with Gasteiger partial charge in [-0.3, -0.25) is 0 Å². The van der Waals surface area contributed by atoms with Crippen LogP contribution in [0.4, 0.5) is 0 Å². The summed E-state index contributed by atoms with van der Waals surface area (Å²) in [7, 11) is 0.